The highest BCUT2D eigenvalue weighted by Crippen LogP contribution is 2.25. The number of rotatable bonds is 1. The van der Waals surface area contributed by atoms with Gasteiger partial charge < -0.3 is 4.74 Å². The van der Waals surface area contributed by atoms with Crippen LogP contribution in [0.2, 0.25) is 0 Å². The predicted molar refractivity (Wildman–Crippen MR) is 45.5 cm³/mol. The highest BCUT2D eigenvalue weighted by atomic mass is 79.9. The third-order valence-corrected chi connectivity index (χ3v) is 2.31. The second-order valence-corrected chi connectivity index (χ2v) is 3.55. The van der Waals surface area contributed by atoms with E-state index in [1.165, 1.54) is 6.07 Å². The number of nitrogens with zero attached hydrogens (tertiary/aromatic N) is 1. The third-order valence-electron chi connectivity index (χ3n) is 1.86. The Morgan fingerprint density at radius 2 is 2.25 bits per heavy atom. The number of hydrogen-bond acceptors (Lipinski definition) is 2. The summed E-state index contributed by atoms with van der Waals surface area (Å²) in [5.41, 5.74) is 0.510. The van der Waals surface area contributed by atoms with Crippen LogP contribution < -0.4 is 0 Å². The normalized spacial score (nSPS) is 17.5. The molecule has 0 aromatic carbocycles. The van der Waals surface area contributed by atoms with Gasteiger partial charge in [0.1, 0.15) is 10.4 Å². The van der Waals surface area contributed by atoms with Crippen LogP contribution in [0, 0.1) is 5.82 Å². The fraction of sp³-hybridized carbons (Fsp3) is 0.375. The minimum Gasteiger partial charge on any atom is -0.380 e. The third kappa shape index (κ3) is 1.36. The SMILES string of the molecule is Fc1ccc(Br)nc1C1COC1. The Kier molecular flexibility index (Phi) is 2.11. The van der Waals surface area contributed by atoms with Crippen molar-refractivity contribution in [3.05, 3.63) is 28.2 Å². The summed E-state index contributed by atoms with van der Waals surface area (Å²) in [5.74, 6) is -0.103. The molecule has 1 aliphatic rings. The van der Waals surface area contributed by atoms with Crippen LogP contribution >= 0.6 is 15.9 Å². The molecular formula is C8H7BrFNO. The molecule has 1 aromatic rings. The van der Waals surface area contributed by atoms with Crippen LogP contribution in [0.1, 0.15) is 11.6 Å². The number of halogens is 2. The summed E-state index contributed by atoms with van der Waals surface area (Å²) in [6.45, 7) is 1.17. The zero-order valence-electron chi connectivity index (χ0n) is 6.26. The van der Waals surface area contributed by atoms with Gasteiger partial charge in [-0.05, 0) is 28.1 Å². The van der Waals surface area contributed by atoms with Crippen LogP contribution in [0.15, 0.2) is 16.7 Å². The Bertz CT molecular complexity index is 301. The van der Waals surface area contributed by atoms with Gasteiger partial charge in [-0.2, -0.15) is 0 Å². The van der Waals surface area contributed by atoms with Crippen LogP contribution in [-0.4, -0.2) is 18.2 Å². The van der Waals surface area contributed by atoms with Crippen LogP contribution in [0.5, 0.6) is 0 Å². The molecule has 1 aromatic heterocycles. The maximum absolute atomic E-state index is 13.1. The van der Waals surface area contributed by atoms with E-state index in [0.29, 0.717) is 23.5 Å². The lowest BCUT2D eigenvalue weighted by Crippen LogP contribution is -2.27. The molecule has 2 heterocycles. The zero-order valence-corrected chi connectivity index (χ0v) is 7.84. The van der Waals surface area contributed by atoms with E-state index in [0.717, 1.165) is 0 Å². The highest BCUT2D eigenvalue weighted by Gasteiger charge is 2.25. The maximum atomic E-state index is 13.1. The van der Waals surface area contributed by atoms with Crippen molar-refractivity contribution in [2.24, 2.45) is 0 Å². The summed E-state index contributed by atoms with van der Waals surface area (Å²) in [6, 6.07) is 3.02. The molecule has 0 spiro atoms. The molecule has 12 heavy (non-hydrogen) atoms. The molecular weight excluding hydrogens is 225 g/mol. The van der Waals surface area contributed by atoms with E-state index < -0.39 is 0 Å². The first kappa shape index (κ1) is 8.13. The monoisotopic (exact) mass is 231 g/mol. The van der Waals surface area contributed by atoms with Crippen molar-refractivity contribution in [2.75, 3.05) is 13.2 Å². The smallest absolute Gasteiger partial charge is 0.145 e. The fourth-order valence-corrected chi connectivity index (χ4v) is 1.44. The van der Waals surface area contributed by atoms with Gasteiger partial charge >= 0.3 is 0 Å². The van der Waals surface area contributed by atoms with Crippen LogP contribution in [0.3, 0.4) is 0 Å². The predicted octanol–water partition coefficient (Wildman–Crippen LogP) is 2.10. The van der Waals surface area contributed by atoms with Crippen molar-refractivity contribution < 1.29 is 9.13 Å². The van der Waals surface area contributed by atoms with E-state index >= 15 is 0 Å². The van der Waals surface area contributed by atoms with E-state index in [9.17, 15) is 4.39 Å². The Labute approximate surface area is 77.9 Å². The molecule has 0 atom stereocenters. The molecule has 0 bridgehead atoms. The summed E-state index contributed by atoms with van der Waals surface area (Å²) in [6.07, 6.45) is 0. The second-order valence-electron chi connectivity index (χ2n) is 2.74. The van der Waals surface area contributed by atoms with Crippen molar-refractivity contribution in [1.82, 2.24) is 4.98 Å². The fourth-order valence-electron chi connectivity index (χ4n) is 1.11. The van der Waals surface area contributed by atoms with Gasteiger partial charge in [-0.3, -0.25) is 0 Å². The van der Waals surface area contributed by atoms with Crippen molar-refractivity contribution >= 4 is 15.9 Å². The number of ether oxygens (including phenoxy) is 1. The molecule has 4 heteroatoms. The quantitative estimate of drug-likeness (QED) is 0.691. The summed E-state index contributed by atoms with van der Waals surface area (Å²) in [4.78, 5) is 4.06. The molecule has 0 radical (unpaired) electrons. The van der Waals surface area contributed by atoms with Crippen molar-refractivity contribution in [2.45, 2.75) is 5.92 Å². The molecule has 0 N–H and O–H groups in total. The van der Waals surface area contributed by atoms with E-state index in [1.54, 1.807) is 6.07 Å². The van der Waals surface area contributed by atoms with Crippen molar-refractivity contribution in [3.63, 3.8) is 0 Å². The lowest BCUT2D eigenvalue weighted by atomic mass is 10.0. The Morgan fingerprint density at radius 3 is 2.83 bits per heavy atom. The lowest BCUT2D eigenvalue weighted by molar-refractivity contribution is 0.00513. The average Bonchev–Trinajstić information content (AvgIpc) is 1.93. The van der Waals surface area contributed by atoms with Crippen LogP contribution in [0.4, 0.5) is 4.39 Å². The highest BCUT2D eigenvalue weighted by molar-refractivity contribution is 9.10. The molecule has 1 fully saturated rings. The molecule has 0 aliphatic carbocycles. The van der Waals surface area contributed by atoms with E-state index in [1.807, 2.05) is 0 Å². The van der Waals surface area contributed by atoms with Gasteiger partial charge in [-0.1, -0.05) is 0 Å². The van der Waals surface area contributed by atoms with Crippen molar-refractivity contribution in [3.8, 4) is 0 Å². The van der Waals surface area contributed by atoms with Gasteiger partial charge in [-0.25, -0.2) is 9.37 Å². The molecule has 64 valence electrons. The lowest BCUT2D eigenvalue weighted by Gasteiger charge is -2.25. The Hall–Kier alpha value is -0.480. The topological polar surface area (TPSA) is 22.1 Å². The van der Waals surface area contributed by atoms with Gasteiger partial charge in [0.2, 0.25) is 0 Å². The Morgan fingerprint density at radius 1 is 1.50 bits per heavy atom. The first-order valence-corrected chi connectivity index (χ1v) is 4.46. The number of aromatic nitrogens is 1. The molecule has 2 rings (SSSR count). The standard InChI is InChI=1S/C8H7BrFNO/c9-7-2-1-6(10)8(11-7)5-3-12-4-5/h1-2,5H,3-4H2. The van der Waals surface area contributed by atoms with Crippen LogP contribution in [0.25, 0.3) is 0 Å². The van der Waals surface area contributed by atoms with E-state index in [4.69, 9.17) is 4.74 Å². The minimum absolute atomic E-state index is 0.141. The maximum Gasteiger partial charge on any atom is 0.145 e. The first-order valence-electron chi connectivity index (χ1n) is 3.67. The van der Waals surface area contributed by atoms with Crippen molar-refractivity contribution in [1.29, 1.82) is 0 Å². The number of pyridine rings is 1. The van der Waals surface area contributed by atoms with E-state index in [-0.39, 0.29) is 11.7 Å². The molecule has 0 saturated carbocycles. The first-order chi connectivity index (χ1) is 5.77. The molecule has 2 nitrogen and oxygen atoms in total. The average molecular weight is 232 g/mol. The Balaban J connectivity index is 2.34. The van der Waals surface area contributed by atoms with Gasteiger partial charge in [0.25, 0.3) is 0 Å². The molecule has 1 saturated heterocycles. The summed E-state index contributed by atoms with van der Waals surface area (Å²) in [7, 11) is 0. The summed E-state index contributed by atoms with van der Waals surface area (Å²) < 4.78 is 18.7. The minimum atomic E-state index is -0.244. The van der Waals surface area contributed by atoms with Crippen LogP contribution in [-0.2, 0) is 4.74 Å². The largest absolute Gasteiger partial charge is 0.380 e. The molecule has 0 unspecified atom stereocenters. The van der Waals surface area contributed by atoms with Gasteiger partial charge in [-0.15, -0.1) is 0 Å². The molecule has 1 aliphatic heterocycles. The second kappa shape index (κ2) is 3.11. The van der Waals surface area contributed by atoms with Gasteiger partial charge in [0.15, 0.2) is 0 Å². The summed E-state index contributed by atoms with van der Waals surface area (Å²) in [5, 5.41) is 0. The molecule has 0 amide bonds. The van der Waals surface area contributed by atoms with Gasteiger partial charge in [0, 0.05) is 0 Å². The van der Waals surface area contributed by atoms with E-state index in [2.05, 4.69) is 20.9 Å². The zero-order chi connectivity index (χ0) is 8.55. The van der Waals surface area contributed by atoms with Gasteiger partial charge in [0.05, 0.1) is 24.8 Å². The summed E-state index contributed by atoms with van der Waals surface area (Å²) >= 11 is 3.20. The number of hydrogen-bond donors (Lipinski definition) is 0.